The van der Waals surface area contributed by atoms with Gasteiger partial charge >= 0.3 is 0 Å². The van der Waals surface area contributed by atoms with Gasteiger partial charge in [0, 0.05) is 26.2 Å². The number of benzene rings is 2. The summed E-state index contributed by atoms with van der Waals surface area (Å²) in [6, 6.07) is 18.4. The summed E-state index contributed by atoms with van der Waals surface area (Å²) >= 11 is 0. The molecule has 0 bridgehead atoms. The van der Waals surface area contributed by atoms with Gasteiger partial charge in [0.1, 0.15) is 11.5 Å². The topological polar surface area (TPSA) is 57.5 Å². The van der Waals surface area contributed by atoms with Crippen LogP contribution in [0.5, 0.6) is 11.5 Å². The summed E-state index contributed by atoms with van der Waals surface area (Å²) in [5.74, 6) is 1.72. The molecule has 0 aromatic heterocycles. The zero-order valence-electron chi connectivity index (χ0n) is 14.9. The van der Waals surface area contributed by atoms with Gasteiger partial charge in [-0.05, 0) is 35.4 Å². The lowest BCUT2D eigenvalue weighted by molar-refractivity contribution is 0.257. The Labute approximate surface area is 149 Å². The smallest absolute Gasteiger partial charge is 0.118 e. The van der Waals surface area contributed by atoms with Crippen molar-refractivity contribution >= 4 is 0 Å². The van der Waals surface area contributed by atoms with E-state index in [1.54, 1.807) is 14.2 Å². The van der Waals surface area contributed by atoms with Crippen LogP contribution in [0.4, 0.5) is 0 Å². The number of hydrogen-bond donors (Lipinski definition) is 1. The maximum absolute atomic E-state index is 8.65. The quantitative estimate of drug-likeness (QED) is 0.533. The van der Waals surface area contributed by atoms with E-state index in [9.17, 15) is 0 Å². The second kappa shape index (κ2) is 10.3. The van der Waals surface area contributed by atoms with Gasteiger partial charge in [-0.2, -0.15) is 5.26 Å². The zero-order chi connectivity index (χ0) is 17.9. The van der Waals surface area contributed by atoms with Crippen molar-refractivity contribution in [3.63, 3.8) is 0 Å². The fraction of sp³-hybridized carbons (Fsp3) is 0.350. The number of rotatable bonds is 10. The van der Waals surface area contributed by atoms with Gasteiger partial charge in [-0.15, -0.1) is 0 Å². The van der Waals surface area contributed by atoms with Gasteiger partial charge in [0.2, 0.25) is 0 Å². The number of hydrogen-bond acceptors (Lipinski definition) is 5. The van der Waals surface area contributed by atoms with E-state index >= 15 is 0 Å². The first-order chi connectivity index (χ1) is 12.2. The summed E-state index contributed by atoms with van der Waals surface area (Å²) in [5.41, 5.74) is 2.46. The van der Waals surface area contributed by atoms with Gasteiger partial charge in [0.05, 0.1) is 26.8 Å². The number of nitriles is 1. The molecule has 0 aliphatic heterocycles. The van der Waals surface area contributed by atoms with Crippen LogP contribution < -0.4 is 14.8 Å². The minimum atomic E-state index is 0.374. The highest BCUT2D eigenvalue weighted by molar-refractivity contribution is 5.28. The molecule has 0 amide bonds. The van der Waals surface area contributed by atoms with Gasteiger partial charge < -0.3 is 14.8 Å². The van der Waals surface area contributed by atoms with E-state index in [2.05, 4.69) is 40.6 Å². The van der Waals surface area contributed by atoms with Crippen molar-refractivity contribution in [2.75, 3.05) is 33.9 Å². The van der Waals surface area contributed by atoms with Crippen molar-refractivity contribution in [2.24, 2.45) is 0 Å². The van der Waals surface area contributed by atoms with Crippen molar-refractivity contribution < 1.29 is 9.47 Å². The maximum atomic E-state index is 8.65. The summed E-state index contributed by atoms with van der Waals surface area (Å²) < 4.78 is 10.4. The molecule has 2 rings (SSSR count). The molecule has 5 nitrogen and oxygen atoms in total. The Morgan fingerprint density at radius 3 is 1.76 bits per heavy atom. The third kappa shape index (κ3) is 6.46. The van der Waals surface area contributed by atoms with Crippen LogP contribution in [0.15, 0.2) is 48.5 Å². The Hall–Kier alpha value is -2.55. The Balaban J connectivity index is 2.00. The lowest BCUT2D eigenvalue weighted by Gasteiger charge is -2.23. The Morgan fingerprint density at radius 2 is 1.36 bits per heavy atom. The molecule has 132 valence electrons. The van der Waals surface area contributed by atoms with Crippen molar-refractivity contribution in [3.05, 3.63) is 59.7 Å². The third-order valence-electron chi connectivity index (χ3n) is 3.94. The van der Waals surface area contributed by atoms with Gasteiger partial charge in [0.25, 0.3) is 0 Å². The molecule has 0 spiro atoms. The molecule has 0 fully saturated rings. The first-order valence-electron chi connectivity index (χ1n) is 8.31. The SMILES string of the molecule is COc1ccc(CN(CCNCC#N)Cc2ccc(OC)cc2)cc1. The van der Waals surface area contributed by atoms with Gasteiger partial charge in [-0.25, -0.2) is 0 Å². The van der Waals surface area contributed by atoms with Crippen LogP contribution in [0.2, 0.25) is 0 Å². The van der Waals surface area contributed by atoms with E-state index in [1.165, 1.54) is 11.1 Å². The van der Waals surface area contributed by atoms with E-state index in [4.69, 9.17) is 14.7 Å². The average molecular weight is 339 g/mol. The first-order valence-corrected chi connectivity index (χ1v) is 8.31. The molecule has 2 aromatic carbocycles. The van der Waals surface area contributed by atoms with E-state index < -0.39 is 0 Å². The molecule has 0 atom stereocenters. The molecule has 0 saturated carbocycles. The number of nitrogens with one attached hydrogen (secondary N) is 1. The van der Waals surface area contributed by atoms with E-state index in [0.717, 1.165) is 37.7 Å². The Morgan fingerprint density at radius 1 is 0.880 bits per heavy atom. The number of ether oxygens (including phenoxy) is 2. The average Bonchev–Trinajstić information content (AvgIpc) is 2.66. The van der Waals surface area contributed by atoms with Gasteiger partial charge in [-0.1, -0.05) is 24.3 Å². The minimum Gasteiger partial charge on any atom is -0.497 e. The van der Waals surface area contributed by atoms with Crippen LogP contribution in [-0.4, -0.2) is 38.8 Å². The molecule has 0 saturated heterocycles. The summed E-state index contributed by atoms with van der Waals surface area (Å²) in [4.78, 5) is 2.36. The largest absolute Gasteiger partial charge is 0.497 e. The highest BCUT2D eigenvalue weighted by atomic mass is 16.5. The monoisotopic (exact) mass is 339 g/mol. The molecule has 5 heteroatoms. The summed E-state index contributed by atoms with van der Waals surface area (Å²) in [5, 5.41) is 11.8. The van der Waals surface area contributed by atoms with Crippen molar-refractivity contribution in [3.8, 4) is 17.6 Å². The highest BCUT2D eigenvalue weighted by Crippen LogP contribution is 2.16. The summed E-state index contributed by atoms with van der Waals surface area (Å²) in [6.07, 6.45) is 0. The first kappa shape index (κ1) is 18.8. The van der Waals surface area contributed by atoms with Gasteiger partial charge in [0.15, 0.2) is 0 Å². The lowest BCUT2D eigenvalue weighted by atomic mass is 10.1. The normalized spacial score (nSPS) is 10.5. The molecule has 2 aromatic rings. The van der Waals surface area contributed by atoms with Crippen LogP contribution in [0.25, 0.3) is 0 Å². The van der Waals surface area contributed by atoms with Crippen molar-refractivity contribution in [1.82, 2.24) is 10.2 Å². The van der Waals surface area contributed by atoms with E-state index in [-0.39, 0.29) is 0 Å². The molecule has 0 unspecified atom stereocenters. The molecule has 0 aliphatic carbocycles. The van der Waals surface area contributed by atoms with Crippen LogP contribution in [0, 0.1) is 11.3 Å². The number of methoxy groups -OCH3 is 2. The molecule has 0 aliphatic rings. The predicted molar refractivity (Wildman–Crippen MR) is 98.6 cm³/mol. The molecular formula is C20H25N3O2. The van der Waals surface area contributed by atoms with Crippen LogP contribution in [-0.2, 0) is 13.1 Å². The second-order valence-electron chi connectivity index (χ2n) is 5.74. The molecule has 25 heavy (non-hydrogen) atoms. The standard InChI is InChI=1S/C20H25N3O2/c1-24-19-7-3-17(4-8-19)15-23(14-13-22-12-11-21)16-18-5-9-20(25-2)10-6-18/h3-10,22H,12-16H2,1-2H3. The molecule has 0 heterocycles. The van der Waals surface area contributed by atoms with Gasteiger partial charge in [-0.3, -0.25) is 4.90 Å². The van der Waals surface area contributed by atoms with Crippen molar-refractivity contribution in [1.29, 1.82) is 5.26 Å². The molecule has 0 radical (unpaired) electrons. The van der Waals surface area contributed by atoms with Crippen LogP contribution >= 0.6 is 0 Å². The summed E-state index contributed by atoms with van der Waals surface area (Å²) in [6.45, 7) is 3.69. The fourth-order valence-electron chi connectivity index (χ4n) is 2.57. The minimum absolute atomic E-state index is 0.374. The Bertz CT molecular complexity index is 613. The summed E-state index contributed by atoms with van der Waals surface area (Å²) in [7, 11) is 3.34. The van der Waals surface area contributed by atoms with E-state index in [1.807, 2.05) is 24.3 Å². The van der Waals surface area contributed by atoms with Crippen molar-refractivity contribution in [2.45, 2.75) is 13.1 Å². The zero-order valence-corrected chi connectivity index (χ0v) is 14.9. The Kier molecular flexibility index (Phi) is 7.77. The highest BCUT2D eigenvalue weighted by Gasteiger charge is 2.08. The van der Waals surface area contributed by atoms with Crippen LogP contribution in [0.1, 0.15) is 11.1 Å². The second-order valence-corrected chi connectivity index (χ2v) is 5.74. The molecular weight excluding hydrogens is 314 g/mol. The van der Waals surface area contributed by atoms with Crippen LogP contribution in [0.3, 0.4) is 0 Å². The molecule has 1 N–H and O–H groups in total. The number of nitrogens with zero attached hydrogens (tertiary/aromatic N) is 2. The maximum Gasteiger partial charge on any atom is 0.118 e. The van der Waals surface area contributed by atoms with E-state index in [0.29, 0.717) is 6.54 Å². The lowest BCUT2D eigenvalue weighted by Crippen LogP contribution is -2.31. The predicted octanol–water partition coefficient (Wildman–Crippen LogP) is 2.82. The fourth-order valence-corrected chi connectivity index (χ4v) is 2.57. The third-order valence-corrected chi connectivity index (χ3v) is 3.94.